The van der Waals surface area contributed by atoms with Crippen LogP contribution in [0.4, 0.5) is 18.2 Å². The first kappa shape index (κ1) is 21.4. The number of esters is 2. The minimum Gasteiger partial charge on any atom is -0.465 e. The maximum Gasteiger partial charge on any atom is 0.432 e. The summed E-state index contributed by atoms with van der Waals surface area (Å²) in [5.41, 5.74) is -1.58. The highest BCUT2D eigenvalue weighted by molar-refractivity contribution is 7.18. The normalized spacial score (nSPS) is 11.2. The molecule has 0 aliphatic heterocycles. The highest BCUT2D eigenvalue weighted by atomic mass is 32.1. The third kappa shape index (κ3) is 4.50. The predicted octanol–water partition coefficient (Wildman–Crippen LogP) is 3.40. The van der Waals surface area contributed by atoms with Crippen LogP contribution < -0.4 is 5.32 Å². The maximum absolute atomic E-state index is 12.7. The number of amides is 1. The van der Waals surface area contributed by atoms with E-state index in [1.807, 2.05) is 0 Å². The van der Waals surface area contributed by atoms with Gasteiger partial charge in [-0.2, -0.15) is 18.3 Å². The van der Waals surface area contributed by atoms with Gasteiger partial charge in [-0.1, -0.05) is 6.92 Å². The van der Waals surface area contributed by atoms with Crippen molar-refractivity contribution in [2.24, 2.45) is 0 Å². The molecular weight excluding hydrogens is 403 g/mol. The molecule has 0 saturated carbocycles. The Hall–Kier alpha value is -2.89. The summed E-state index contributed by atoms with van der Waals surface area (Å²) in [5, 5.41) is 7.30. The zero-order valence-electron chi connectivity index (χ0n) is 15.0. The number of thiophene rings is 1. The van der Waals surface area contributed by atoms with Gasteiger partial charge in [-0.3, -0.25) is 9.89 Å². The Bertz CT molecular complexity index is 904. The number of carbonyl (C=O) groups is 3. The van der Waals surface area contributed by atoms with Crippen LogP contribution in [0.25, 0.3) is 0 Å². The minimum atomic E-state index is -4.70. The van der Waals surface area contributed by atoms with Crippen molar-refractivity contribution in [1.29, 1.82) is 0 Å². The van der Waals surface area contributed by atoms with Crippen LogP contribution in [0.15, 0.2) is 6.07 Å². The molecule has 0 bridgehead atoms. The lowest BCUT2D eigenvalue weighted by Crippen LogP contribution is -2.15. The summed E-state index contributed by atoms with van der Waals surface area (Å²) in [6.45, 7) is 3.37. The van der Waals surface area contributed by atoms with Gasteiger partial charge >= 0.3 is 18.1 Å². The second kappa shape index (κ2) is 8.42. The molecule has 0 saturated heterocycles. The highest BCUT2D eigenvalue weighted by Crippen LogP contribution is 2.35. The fourth-order valence-corrected chi connectivity index (χ4v) is 3.26. The van der Waals surface area contributed by atoms with E-state index in [2.05, 4.69) is 15.2 Å². The van der Waals surface area contributed by atoms with E-state index in [9.17, 15) is 27.6 Å². The van der Waals surface area contributed by atoms with Crippen LogP contribution in [0.5, 0.6) is 0 Å². The highest BCUT2D eigenvalue weighted by Gasteiger charge is 2.34. The quantitative estimate of drug-likeness (QED) is 0.695. The molecular formula is C16H16F3N3O5S. The number of aromatic nitrogens is 2. The van der Waals surface area contributed by atoms with Crippen molar-refractivity contribution in [3.63, 3.8) is 0 Å². The lowest BCUT2D eigenvalue weighted by molar-refractivity contribution is -0.141. The number of halogens is 3. The number of ether oxygens (including phenoxy) is 2. The van der Waals surface area contributed by atoms with Gasteiger partial charge in [-0.25, -0.2) is 9.59 Å². The van der Waals surface area contributed by atoms with Crippen molar-refractivity contribution in [2.75, 3.05) is 19.0 Å². The van der Waals surface area contributed by atoms with Crippen LogP contribution in [0.2, 0.25) is 0 Å². The summed E-state index contributed by atoms with van der Waals surface area (Å²) in [6.07, 6.45) is -4.15. The Morgan fingerprint density at radius 2 is 1.96 bits per heavy atom. The molecule has 0 aliphatic carbocycles. The largest absolute Gasteiger partial charge is 0.465 e. The van der Waals surface area contributed by atoms with Crippen LogP contribution in [0, 0.1) is 6.92 Å². The van der Waals surface area contributed by atoms with E-state index in [1.54, 1.807) is 12.0 Å². The minimum absolute atomic E-state index is 0.0549. The van der Waals surface area contributed by atoms with Crippen molar-refractivity contribution < 1.29 is 37.0 Å². The van der Waals surface area contributed by atoms with E-state index in [0.717, 1.165) is 18.4 Å². The first-order chi connectivity index (χ1) is 13.1. The van der Waals surface area contributed by atoms with E-state index < -0.39 is 35.4 Å². The summed E-state index contributed by atoms with van der Waals surface area (Å²) >= 11 is 0.748. The van der Waals surface area contributed by atoms with Gasteiger partial charge < -0.3 is 14.8 Å². The van der Waals surface area contributed by atoms with Crippen LogP contribution in [0.3, 0.4) is 0 Å². The number of anilines is 1. The molecule has 2 aromatic rings. The zero-order chi connectivity index (χ0) is 21.1. The Balaban J connectivity index is 2.37. The summed E-state index contributed by atoms with van der Waals surface area (Å²) < 4.78 is 47.6. The fraction of sp³-hybridized carbons (Fsp3) is 0.375. The second-order valence-electron chi connectivity index (χ2n) is 5.51. The number of aromatic amines is 1. The van der Waals surface area contributed by atoms with Crippen LogP contribution >= 0.6 is 11.3 Å². The van der Waals surface area contributed by atoms with Crippen molar-refractivity contribution in [3.8, 4) is 0 Å². The summed E-state index contributed by atoms with van der Waals surface area (Å²) in [7, 11) is 1.15. The molecule has 2 N–H and O–H groups in total. The summed E-state index contributed by atoms with van der Waals surface area (Å²) in [6, 6.07) is 0.534. The molecule has 2 heterocycles. The number of hydrogen-bond donors (Lipinski definition) is 2. The maximum atomic E-state index is 12.7. The molecule has 1 amide bonds. The number of alkyl halides is 3. The van der Waals surface area contributed by atoms with Gasteiger partial charge in [0.15, 0.2) is 5.69 Å². The van der Waals surface area contributed by atoms with E-state index >= 15 is 0 Å². The average molecular weight is 419 g/mol. The topological polar surface area (TPSA) is 110 Å². The van der Waals surface area contributed by atoms with Gasteiger partial charge in [0.05, 0.1) is 19.3 Å². The first-order valence-corrected chi connectivity index (χ1v) is 8.74. The molecule has 0 aliphatic rings. The molecule has 0 radical (unpaired) electrons. The SMILES string of the molecule is CCCOC(=O)c1c(NC(=O)c2cc(C(F)(F)F)[nH]n2)sc(C(=O)OC)c1C. The van der Waals surface area contributed by atoms with Crippen molar-refractivity contribution in [2.45, 2.75) is 26.4 Å². The Kier molecular flexibility index (Phi) is 6.44. The number of methoxy groups -OCH3 is 1. The zero-order valence-corrected chi connectivity index (χ0v) is 15.8. The van der Waals surface area contributed by atoms with Crippen molar-refractivity contribution in [3.05, 3.63) is 33.5 Å². The van der Waals surface area contributed by atoms with E-state index in [0.29, 0.717) is 12.5 Å². The molecule has 0 unspecified atom stereocenters. The van der Waals surface area contributed by atoms with Crippen molar-refractivity contribution in [1.82, 2.24) is 10.2 Å². The van der Waals surface area contributed by atoms with Gasteiger partial charge in [-0.05, 0) is 18.9 Å². The number of H-pyrrole nitrogens is 1. The van der Waals surface area contributed by atoms with Gasteiger partial charge in [0.2, 0.25) is 0 Å². The number of nitrogens with zero attached hydrogens (tertiary/aromatic N) is 1. The van der Waals surface area contributed by atoms with Gasteiger partial charge in [0, 0.05) is 6.07 Å². The monoisotopic (exact) mass is 419 g/mol. The van der Waals surface area contributed by atoms with E-state index in [4.69, 9.17) is 4.74 Å². The molecule has 8 nitrogen and oxygen atoms in total. The third-order valence-electron chi connectivity index (χ3n) is 3.50. The Labute approximate surface area is 161 Å². The number of carbonyl (C=O) groups excluding carboxylic acids is 3. The number of rotatable bonds is 6. The molecule has 2 rings (SSSR count). The number of nitrogens with one attached hydrogen (secondary N) is 2. The summed E-state index contributed by atoms with van der Waals surface area (Å²) in [4.78, 5) is 36.6. The molecule has 0 fully saturated rings. The van der Waals surface area contributed by atoms with Gasteiger partial charge in [-0.15, -0.1) is 11.3 Å². The molecule has 0 spiro atoms. The van der Waals surface area contributed by atoms with Gasteiger partial charge in [0.1, 0.15) is 15.6 Å². The van der Waals surface area contributed by atoms with Crippen molar-refractivity contribution >= 4 is 34.2 Å². The summed E-state index contributed by atoms with van der Waals surface area (Å²) in [5.74, 6) is -2.50. The standard InChI is InChI=1S/C16H16F3N3O5S/c1-4-5-27-14(24)10-7(2)11(15(25)26-3)28-13(10)20-12(23)8-6-9(22-21-8)16(17,18)19/h6H,4-5H2,1-3H3,(H,20,23)(H,21,22). The van der Waals surface area contributed by atoms with E-state index in [1.165, 1.54) is 6.92 Å². The van der Waals surface area contributed by atoms with Gasteiger partial charge in [0.25, 0.3) is 5.91 Å². The molecule has 2 aromatic heterocycles. The fourth-order valence-electron chi connectivity index (χ4n) is 2.15. The second-order valence-corrected chi connectivity index (χ2v) is 6.53. The molecule has 12 heteroatoms. The molecule has 28 heavy (non-hydrogen) atoms. The van der Waals surface area contributed by atoms with E-state index in [-0.39, 0.29) is 27.6 Å². The Morgan fingerprint density at radius 3 is 2.50 bits per heavy atom. The Morgan fingerprint density at radius 1 is 1.29 bits per heavy atom. The van der Waals surface area contributed by atoms with Crippen LogP contribution in [0.1, 0.15) is 55.1 Å². The molecule has 152 valence electrons. The van der Waals surface area contributed by atoms with Crippen LogP contribution in [-0.4, -0.2) is 41.8 Å². The lowest BCUT2D eigenvalue weighted by atomic mass is 10.1. The smallest absolute Gasteiger partial charge is 0.432 e. The first-order valence-electron chi connectivity index (χ1n) is 7.92. The molecule has 0 atom stereocenters. The third-order valence-corrected chi connectivity index (χ3v) is 4.69. The number of hydrogen-bond acceptors (Lipinski definition) is 7. The molecule has 0 aromatic carbocycles. The predicted molar refractivity (Wildman–Crippen MR) is 92.5 cm³/mol. The van der Waals surface area contributed by atoms with Crippen LogP contribution in [-0.2, 0) is 15.7 Å². The average Bonchev–Trinajstić information content (AvgIpc) is 3.24. The lowest BCUT2D eigenvalue weighted by Gasteiger charge is -2.06.